The molecule has 13 N–H and O–H groups in total. The molecule has 0 amide bonds. The number of aliphatic hydroxyl groups excluding tert-OH is 5. The molecule has 0 aromatic heterocycles. The summed E-state index contributed by atoms with van der Waals surface area (Å²) in [6.45, 7) is -2.90. The predicted octanol–water partition coefficient (Wildman–Crippen LogP) is -9.20. The van der Waals surface area contributed by atoms with E-state index >= 15 is 0 Å². The molecule has 0 aliphatic carbocycles. The van der Waals surface area contributed by atoms with Crippen LogP contribution in [0.2, 0.25) is 0 Å². The van der Waals surface area contributed by atoms with Crippen LogP contribution in [-0.2, 0) is 92.8 Å². The second-order valence-electron chi connectivity index (χ2n) is 11.2. The molecule has 0 aromatic rings. The predicted molar refractivity (Wildman–Crippen MR) is 158 cm³/mol. The van der Waals surface area contributed by atoms with Crippen LogP contribution in [0.4, 0.5) is 0 Å². The van der Waals surface area contributed by atoms with Gasteiger partial charge in [-0.1, -0.05) is 0 Å². The third-order valence-corrected chi connectivity index (χ3v) is 9.78. The second-order valence-corrected chi connectivity index (χ2v) is 16.8. The number of hydrogen-bond acceptors (Lipinski definition) is 24. The van der Waals surface area contributed by atoms with Crippen LogP contribution >= 0.6 is 0 Å². The summed E-state index contributed by atoms with van der Waals surface area (Å²) >= 11 is 0. The summed E-state index contributed by atoms with van der Waals surface area (Å²) in [5, 5.41) is 63.0. The van der Waals surface area contributed by atoms with Crippen molar-refractivity contribution in [2.75, 3.05) is 13.2 Å². The minimum atomic E-state index is -5.81. The van der Waals surface area contributed by atoms with Crippen molar-refractivity contribution in [1.82, 2.24) is 9.44 Å². The quantitative estimate of drug-likeness (QED) is 0.0603. The van der Waals surface area contributed by atoms with Gasteiger partial charge < -0.3 is 54.3 Å². The van der Waals surface area contributed by atoms with Gasteiger partial charge in [-0.2, -0.15) is 51.5 Å². The van der Waals surface area contributed by atoms with Gasteiger partial charge in [0.1, 0.15) is 67.0 Å². The topological polar surface area (TPSA) is 508 Å². The number of rotatable bonds is 17. The molecule has 0 spiro atoms. The van der Waals surface area contributed by atoms with Gasteiger partial charge >= 0.3 is 57.8 Å². The largest absolute Gasteiger partial charge is 0.479 e. The SMILES string of the molecule is O=C(O)[C@H]1OC(O[C@H]2[C@H](OS(=O)(=O)O)[C@@H](NS(=O)(=O)O)[C@@H](O)O[C@@H]2COS(=O)(=O)O)[C@H](O)[C@@H](O)[C@@H]1OC1O[C@H](COS(=O)(=O)O)[C@@H](O)[C@H](O)[C@H]1NS(=O)(=O)O. The van der Waals surface area contributed by atoms with E-state index in [9.17, 15) is 91.2 Å². The molecular formula is C18H32N2O30S5. The third kappa shape index (κ3) is 14.0. The van der Waals surface area contributed by atoms with Crippen LogP contribution in [0, 0.1) is 0 Å². The first-order valence-corrected chi connectivity index (χ1v) is 21.0. The van der Waals surface area contributed by atoms with Crippen molar-refractivity contribution in [2.45, 2.75) is 92.0 Å². The smallest absolute Gasteiger partial charge is 0.397 e. The first kappa shape index (κ1) is 47.8. The highest BCUT2D eigenvalue weighted by Crippen LogP contribution is 2.34. The number of aliphatic hydroxyl groups is 5. The van der Waals surface area contributed by atoms with Gasteiger partial charge in [-0.05, 0) is 0 Å². The first-order valence-electron chi connectivity index (χ1n) is 14.1. The van der Waals surface area contributed by atoms with Crippen molar-refractivity contribution in [2.24, 2.45) is 0 Å². The Bertz CT molecular complexity index is 1910. The van der Waals surface area contributed by atoms with E-state index < -0.39 is 163 Å². The third-order valence-electron chi connectivity index (χ3n) is 7.30. The van der Waals surface area contributed by atoms with Crippen LogP contribution in [0.15, 0.2) is 0 Å². The zero-order valence-electron chi connectivity index (χ0n) is 26.3. The van der Waals surface area contributed by atoms with Crippen LogP contribution in [0.3, 0.4) is 0 Å². The maximum Gasteiger partial charge on any atom is 0.397 e. The number of carboxylic acids is 1. The van der Waals surface area contributed by atoms with Gasteiger partial charge in [-0.15, -0.1) is 0 Å². The molecule has 37 heteroatoms. The van der Waals surface area contributed by atoms with Gasteiger partial charge in [0.05, 0.1) is 13.2 Å². The Morgan fingerprint density at radius 2 is 1.04 bits per heavy atom. The second kappa shape index (κ2) is 17.7. The highest BCUT2D eigenvalue weighted by atomic mass is 32.3. The fourth-order valence-corrected chi connectivity index (χ4v) is 7.48. The summed E-state index contributed by atoms with van der Waals surface area (Å²) in [5.74, 6) is -2.19. The standard InChI is InChI=1S/C18H32N2O30S5/c21-7-3(1-43-53(34,35)36)46-17(5(8(7)22)19-51(28,29)30)48-13-9(23)10(24)18(49-14(13)15(25)26)47-11-4(2-44-54(37,38)39)45-16(27)6(20-52(31,32)33)12(11)50-55(40,41)42/h3-14,16-24,27H,1-2H2,(H,25,26)(H,28,29,30)(H,31,32,33)(H,34,35,36)(H,37,38,39)(H,40,41,42)/t3-,4-,5-,6-,7-,8-,9-,10-,11-,12-,13+,14+,16+,17?,18?/m1/s1. The van der Waals surface area contributed by atoms with Crippen LogP contribution in [0.1, 0.15) is 0 Å². The maximum atomic E-state index is 12.3. The van der Waals surface area contributed by atoms with E-state index in [0.29, 0.717) is 0 Å². The van der Waals surface area contributed by atoms with Crippen molar-refractivity contribution >= 4 is 57.8 Å². The Morgan fingerprint density at radius 1 is 0.545 bits per heavy atom. The van der Waals surface area contributed by atoms with Gasteiger partial charge in [0, 0.05) is 0 Å². The molecule has 324 valence electrons. The molecule has 2 unspecified atom stereocenters. The van der Waals surface area contributed by atoms with E-state index in [0.717, 1.165) is 0 Å². The zero-order valence-corrected chi connectivity index (χ0v) is 30.4. The molecule has 3 aliphatic heterocycles. The van der Waals surface area contributed by atoms with Crippen LogP contribution in [-0.4, -0.2) is 207 Å². The van der Waals surface area contributed by atoms with Gasteiger partial charge in [0.15, 0.2) is 25.0 Å². The lowest BCUT2D eigenvalue weighted by Crippen LogP contribution is -2.69. The summed E-state index contributed by atoms with van der Waals surface area (Å²) < 4.78 is 201. The molecule has 15 atom stereocenters. The highest BCUT2D eigenvalue weighted by molar-refractivity contribution is 7.84. The van der Waals surface area contributed by atoms with Crippen molar-refractivity contribution in [1.29, 1.82) is 0 Å². The first-order chi connectivity index (χ1) is 24.8. The van der Waals surface area contributed by atoms with E-state index in [-0.39, 0.29) is 0 Å². The molecule has 3 heterocycles. The van der Waals surface area contributed by atoms with Gasteiger partial charge in [0.25, 0.3) is 0 Å². The maximum absolute atomic E-state index is 12.3. The zero-order chi connectivity index (χ0) is 42.2. The van der Waals surface area contributed by atoms with Crippen molar-refractivity contribution in [3.63, 3.8) is 0 Å². The molecule has 3 aliphatic rings. The Hall–Kier alpha value is -1.58. The van der Waals surface area contributed by atoms with Crippen molar-refractivity contribution in [3.05, 3.63) is 0 Å². The summed E-state index contributed by atoms with van der Waals surface area (Å²) in [4.78, 5) is 12.3. The normalized spacial score (nSPS) is 38.4. The number of carbonyl (C=O) groups is 1. The van der Waals surface area contributed by atoms with Gasteiger partial charge in [-0.3, -0.25) is 22.8 Å². The lowest BCUT2D eigenvalue weighted by molar-refractivity contribution is -0.359. The summed E-state index contributed by atoms with van der Waals surface area (Å²) in [6, 6.07) is -4.98. The van der Waals surface area contributed by atoms with Crippen LogP contribution in [0.5, 0.6) is 0 Å². The molecule has 3 saturated heterocycles. The molecule has 3 rings (SSSR count). The molecule has 0 bridgehead atoms. The molecule has 0 aromatic carbocycles. The van der Waals surface area contributed by atoms with Crippen LogP contribution < -0.4 is 9.44 Å². The molecule has 0 saturated carbocycles. The lowest BCUT2D eigenvalue weighted by atomic mass is 9.95. The number of carboxylic acid groups (broad SMARTS) is 1. The number of nitrogens with one attached hydrogen (secondary N) is 2. The van der Waals surface area contributed by atoms with E-state index in [1.54, 1.807) is 0 Å². The Labute approximate surface area is 308 Å². The Morgan fingerprint density at radius 3 is 1.51 bits per heavy atom. The lowest BCUT2D eigenvalue weighted by Gasteiger charge is -2.48. The van der Waals surface area contributed by atoms with E-state index in [4.69, 9.17) is 32.8 Å². The number of hydrogen-bond donors (Lipinski definition) is 13. The minimum Gasteiger partial charge on any atom is -0.479 e. The summed E-state index contributed by atoms with van der Waals surface area (Å²) in [7, 11) is -27.4. The van der Waals surface area contributed by atoms with E-state index in [1.807, 2.05) is 0 Å². The number of ether oxygens (including phenoxy) is 5. The van der Waals surface area contributed by atoms with Gasteiger partial charge in [-0.25, -0.2) is 17.3 Å². The monoisotopic (exact) mass is 916 g/mol. The fourth-order valence-electron chi connectivity index (χ4n) is 5.17. The average molecular weight is 917 g/mol. The Kier molecular flexibility index (Phi) is 15.4. The highest BCUT2D eigenvalue weighted by Gasteiger charge is 2.57. The van der Waals surface area contributed by atoms with Crippen LogP contribution in [0.25, 0.3) is 0 Å². The molecular weight excluding hydrogens is 885 g/mol. The number of aliphatic carboxylic acids is 1. The molecule has 3 fully saturated rings. The summed E-state index contributed by atoms with van der Waals surface area (Å²) in [5.41, 5.74) is 0. The fraction of sp³-hybridized carbons (Fsp3) is 0.944. The average Bonchev–Trinajstić information content (AvgIpc) is 2.98. The van der Waals surface area contributed by atoms with Crippen molar-refractivity contribution in [3.8, 4) is 0 Å². The van der Waals surface area contributed by atoms with E-state index in [2.05, 4.69) is 12.5 Å². The van der Waals surface area contributed by atoms with E-state index in [1.165, 1.54) is 9.44 Å². The molecule has 32 nitrogen and oxygen atoms in total. The van der Waals surface area contributed by atoms with Crippen molar-refractivity contribution < 1.29 is 137 Å². The minimum absolute atomic E-state index is 1.21. The molecule has 55 heavy (non-hydrogen) atoms. The Balaban J connectivity index is 2.03. The summed E-state index contributed by atoms with van der Waals surface area (Å²) in [6.07, 6.45) is -33.3. The molecule has 0 radical (unpaired) electrons. The van der Waals surface area contributed by atoms with Gasteiger partial charge in [0.2, 0.25) is 0 Å².